The maximum Gasteiger partial charge on any atom is 0.0701 e. The standard InChI is InChI=1S/C13H22BrNS/c1-5-13(3,4)11(15-6-2)9-10-7-8-12(14)16-10/h7-8,11,15H,5-6,9H2,1-4H3. The van der Waals surface area contributed by atoms with Crippen LogP contribution in [0.2, 0.25) is 0 Å². The van der Waals surface area contributed by atoms with Crippen molar-refractivity contribution in [2.45, 2.75) is 46.6 Å². The van der Waals surface area contributed by atoms with Gasteiger partial charge in [0, 0.05) is 10.9 Å². The first-order valence-corrected chi connectivity index (χ1v) is 7.58. The Morgan fingerprint density at radius 3 is 2.50 bits per heavy atom. The predicted octanol–water partition coefficient (Wildman–Crippen LogP) is 4.47. The number of halogens is 1. The highest BCUT2D eigenvalue weighted by atomic mass is 79.9. The minimum Gasteiger partial charge on any atom is -0.313 e. The van der Waals surface area contributed by atoms with Crippen molar-refractivity contribution in [3.05, 3.63) is 20.8 Å². The van der Waals surface area contributed by atoms with E-state index >= 15 is 0 Å². The second-order valence-corrected chi connectivity index (χ2v) is 7.41. The molecular formula is C13H22BrNS. The van der Waals surface area contributed by atoms with Crippen molar-refractivity contribution >= 4 is 27.3 Å². The fourth-order valence-corrected chi connectivity index (χ4v) is 3.31. The van der Waals surface area contributed by atoms with Crippen molar-refractivity contribution in [1.82, 2.24) is 5.32 Å². The van der Waals surface area contributed by atoms with Crippen LogP contribution >= 0.6 is 27.3 Å². The van der Waals surface area contributed by atoms with Crippen molar-refractivity contribution in [1.29, 1.82) is 0 Å². The number of hydrogen-bond donors (Lipinski definition) is 1. The minimum absolute atomic E-state index is 0.354. The van der Waals surface area contributed by atoms with Gasteiger partial charge >= 0.3 is 0 Å². The summed E-state index contributed by atoms with van der Waals surface area (Å²) in [5, 5.41) is 3.62. The zero-order chi connectivity index (χ0) is 12.2. The van der Waals surface area contributed by atoms with Gasteiger partial charge in [-0.05, 0) is 52.9 Å². The van der Waals surface area contributed by atoms with Gasteiger partial charge in [-0.25, -0.2) is 0 Å². The fraction of sp³-hybridized carbons (Fsp3) is 0.692. The molecular weight excluding hydrogens is 282 g/mol. The number of rotatable bonds is 6. The summed E-state index contributed by atoms with van der Waals surface area (Å²) >= 11 is 5.37. The first kappa shape index (κ1) is 14.2. The lowest BCUT2D eigenvalue weighted by molar-refractivity contribution is 0.233. The molecule has 1 rings (SSSR count). The molecule has 0 aliphatic carbocycles. The number of thiophene rings is 1. The SMILES string of the molecule is CCNC(Cc1ccc(Br)s1)C(C)(C)CC. The van der Waals surface area contributed by atoms with Crippen molar-refractivity contribution in [2.75, 3.05) is 6.54 Å². The van der Waals surface area contributed by atoms with Crippen LogP contribution in [-0.4, -0.2) is 12.6 Å². The van der Waals surface area contributed by atoms with Crippen molar-refractivity contribution in [2.24, 2.45) is 5.41 Å². The lowest BCUT2D eigenvalue weighted by atomic mass is 9.80. The summed E-state index contributed by atoms with van der Waals surface area (Å²) in [6, 6.07) is 4.93. The fourth-order valence-electron chi connectivity index (χ4n) is 1.78. The molecule has 0 saturated heterocycles. The molecule has 1 nitrogen and oxygen atoms in total. The molecule has 0 fully saturated rings. The maximum atomic E-state index is 3.62. The lowest BCUT2D eigenvalue weighted by Gasteiger charge is -2.34. The van der Waals surface area contributed by atoms with E-state index in [9.17, 15) is 0 Å². The van der Waals surface area contributed by atoms with E-state index in [0.29, 0.717) is 11.5 Å². The highest BCUT2D eigenvalue weighted by Gasteiger charge is 2.27. The number of hydrogen-bond acceptors (Lipinski definition) is 2. The molecule has 3 heteroatoms. The van der Waals surface area contributed by atoms with E-state index in [4.69, 9.17) is 0 Å². The van der Waals surface area contributed by atoms with Crippen LogP contribution in [0, 0.1) is 5.41 Å². The smallest absolute Gasteiger partial charge is 0.0701 e. The molecule has 0 saturated carbocycles. The normalized spacial score (nSPS) is 14.1. The topological polar surface area (TPSA) is 12.0 Å². The Bertz CT molecular complexity index is 319. The van der Waals surface area contributed by atoms with E-state index in [1.54, 1.807) is 0 Å². The number of likely N-dealkylation sites (N-methyl/N-ethyl adjacent to an activating group) is 1. The summed E-state index contributed by atoms with van der Waals surface area (Å²) in [4.78, 5) is 1.46. The molecule has 0 aromatic carbocycles. The summed E-state index contributed by atoms with van der Waals surface area (Å²) in [7, 11) is 0. The molecule has 1 aromatic rings. The lowest BCUT2D eigenvalue weighted by Crippen LogP contribution is -2.43. The molecule has 1 heterocycles. The Kier molecular flexibility index (Phi) is 5.48. The highest BCUT2D eigenvalue weighted by Crippen LogP contribution is 2.30. The Labute approximate surface area is 112 Å². The van der Waals surface area contributed by atoms with Crippen molar-refractivity contribution in [3.63, 3.8) is 0 Å². The predicted molar refractivity (Wildman–Crippen MR) is 77.3 cm³/mol. The monoisotopic (exact) mass is 303 g/mol. The third-order valence-corrected chi connectivity index (χ3v) is 4.99. The van der Waals surface area contributed by atoms with Gasteiger partial charge in [-0.3, -0.25) is 0 Å². The van der Waals surface area contributed by atoms with Crippen LogP contribution in [0.3, 0.4) is 0 Å². The molecule has 0 bridgehead atoms. The first-order valence-electron chi connectivity index (χ1n) is 5.97. The van der Waals surface area contributed by atoms with Gasteiger partial charge in [0.2, 0.25) is 0 Å². The summed E-state index contributed by atoms with van der Waals surface area (Å²) in [5.41, 5.74) is 0.354. The Balaban J connectivity index is 2.71. The Hall–Kier alpha value is 0.140. The molecule has 1 N–H and O–H groups in total. The molecule has 1 aromatic heterocycles. The van der Waals surface area contributed by atoms with Gasteiger partial charge in [0.1, 0.15) is 0 Å². The molecule has 1 unspecified atom stereocenters. The maximum absolute atomic E-state index is 3.62. The van der Waals surface area contributed by atoms with Crippen molar-refractivity contribution in [3.8, 4) is 0 Å². The van der Waals surface area contributed by atoms with E-state index in [2.05, 4.69) is 61.1 Å². The van der Waals surface area contributed by atoms with E-state index in [-0.39, 0.29) is 0 Å². The van der Waals surface area contributed by atoms with Gasteiger partial charge < -0.3 is 5.32 Å². The van der Waals surface area contributed by atoms with Crippen LogP contribution in [-0.2, 0) is 6.42 Å². The van der Waals surface area contributed by atoms with Gasteiger partial charge in [-0.15, -0.1) is 11.3 Å². The second kappa shape index (κ2) is 6.18. The summed E-state index contributed by atoms with van der Waals surface area (Å²) < 4.78 is 1.23. The molecule has 92 valence electrons. The van der Waals surface area contributed by atoms with Crippen LogP contribution < -0.4 is 5.32 Å². The van der Waals surface area contributed by atoms with Gasteiger partial charge in [0.15, 0.2) is 0 Å². The highest BCUT2D eigenvalue weighted by molar-refractivity contribution is 9.11. The van der Waals surface area contributed by atoms with E-state index in [0.717, 1.165) is 13.0 Å². The number of nitrogens with one attached hydrogen (secondary N) is 1. The second-order valence-electron chi connectivity index (χ2n) is 4.86. The molecule has 16 heavy (non-hydrogen) atoms. The van der Waals surface area contributed by atoms with Crippen LogP contribution in [0.5, 0.6) is 0 Å². The van der Waals surface area contributed by atoms with Crippen LogP contribution in [0.4, 0.5) is 0 Å². The van der Waals surface area contributed by atoms with Gasteiger partial charge in [-0.1, -0.05) is 27.7 Å². The average molecular weight is 304 g/mol. The third-order valence-electron chi connectivity index (χ3n) is 3.34. The summed E-state index contributed by atoms with van der Waals surface area (Å²) in [6.45, 7) is 10.2. The Morgan fingerprint density at radius 2 is 2.06 bits per heavy atom. The molecule has 0 aliphatic rings. The largest absolute Gasteiger partial charge is 0.313 e. The zero-order valence-corrected chi connectivity index (χ0v) is 13.0. The van der Waals surface area contributed by atoms with E-state index < -0.39 is 0 Å². The Morgan fingerprint density at radius 1 is 1.38 bits per heavy atom. The zero-order valence-electron chi connectivity index (χ0n) is 10.6. The molecule has 0 radical (unpaired) electrons. The van der Waals surface area contributed by atoms with E-state index in [1.807, 2.05) is 11.3 Å². The van der Waals surface area contributed by atoms with Crippen LogP contribution in [0.15, 0.2) is 15.9 Å². The van der Waals surface area contributed by atoms with Gasteiger partial charge in [0.25, 0.3) is 0 Å². The minimum atomic E-state index is 0.354. The van der Waals surface area contributed by atoms with Gasteiger partial charge in [-0.2, -0.15) is 0 Å². The average Bonchev–Trinajstić information content (AvgIpc) is 2.63. The quantitative estimate of drug-likeness (QED) is 0.818. The van der Waals surface area contributed by atoms with Crippen LogP contribution in [0.25, 0.3) is 0 Å². The van der Waals surface area contributed by atoms with E-state index in [1.165, 1.54) is 15.1 Å². The molecule has 0 amide bonds. The van der Waals surface area contributed by atoms with Crippen LogP contribution in [0.1, 0.15) is 39.0 Å². The molecule has 0 spiro atoms. The summed E-state index contributed by atoms with van der Waals surface area (Å²) in [6.07, 6.45) is 2.34. The van der Waals surface area contributed by atoms with Crippen molar-refractivity contribution < 1.29 is 0 Å². The summed E-state index contributed by atoms with van der Waals surface area (Å²) in [5.74, 6) is 0. The molecule has 1 atom stereocenters. The first-order chi connectivity index (χ1) is 7.49. The third kappa shape index (κ3) is 3.86. The van der Waals surface area contributed by atoms with Gasteiger partial charge in [0.05, 0.1) is 3.79 Å². The molecule has 0 aliphatic heterocycles.